The van der Waals surface area contributed by atoms with Gasteiger partial charge in [-0.25, -0.2) is 0 Å². The third kappa shape index (κ3) is 5.71. The molecule has 2 atom stereocenters. The minimum atomic E-state index is -0.138. The summed E-state index contributed by atoms with van der Waals surface area (Å²) in [5.74, 6) is 0.789. The lowest BCUT2D eigenvalue weighted by Gasteiger charge is -2.31. The van der Waals surface area contributed by atoms with E-state index in [0.717, 1.165) is 11.6 Å². The predicted octanol–water partition coefficient (Wildman–Crippen LogP) is 16.8. The first kappa shape index (κ1) is 36.1. The van der Waals surface area contributed by atoms with Gasteiger partial charge in [0.2, 0.25) is 0 Å². The van der Waals surface area contributed by atoms with Crippen LogP contribution in [0.3, 0.4) is 0 Å². The molecule has 1 aromatic heterocycles. The van der Waals surface area contributed by atoms with Crippen LogP contribution in [0.1, 0.15) is 70.1 Å². The number of hydrogen-bond acceptors (Lipinski definition) is 2. The van der Waals surface area contributed by atoms with Crippen molar-refractivity contribution in [3.63, 3.8) is 0 Å². The van der Waals surface area contributed by atoms with Crippen LogP contribution in [-0.4, -0.2) is 0 Å². The van der Waals surface area contributed by atoms with Gasteiger partial charge in [0.25, 0.3) is 0 Å². The lowest BCUT2D eigenvalue weighted by atomic mass is 9.73. The molecule has 2 aliphatic rings. The number of benzene rings is 8. The van der Waals surface area contributed by atoms with Crippen molar-refractivity contribution in [3.05, 3.63) is 187 Å². The molecule has 1 fully saturated rings. The van der Waals surface area contributed by atoms with Crippen molar-refractivity contribution in [2.24, 2.45) is 5.92 Å². The topological polar surface area (TPSA) is 3.24 Å². The molecule has 0 saturated heterocycles. The van der Waals surface area contributed by atoms with E-state index in [9.17, 15) is 0 Å². The van der Waals surface area contributed by atoms with Crippen LogP contribution >= 0.6 is 11.3 Å². The minimum absolute atomic E-state index is 0.138. The maximum absolute atomic E-state index is 2.60. The van der Waals surface area contributed by atoms with Crippen molar-refractivity contribution in [2.45, 2.75) is 64.2 Å². The lowest BCUT2D eigenvalue weighted by molar-refractivity contribution is 0.407. The largest absolute Gasteiger partial charge is 0.310 e. The monoisotopic (exact) mass is 779 g/mol. The second-order valence-corrected chi connectivity index (χ2v) is 18.9. The van der Waals surface area contributed by atoms with Crippen molar-refractivity contribution in [2.75, 3.05) is 4.90 Å². The summed E-state index contributed by atoms with van der Waals surface area (Å²) in [5, 5.41) is 5.14. The molecule has 0 N–H and O–H groups in total. The number of fused-ring (bicyclic) bond motifs is 7. The van der Waals surface area contributed by atoms with E-state index in [1.54, 1.807) is 5.56 Å². The van der Waals surface area contributed by atoms with E-state index in [1.807, 2.05) is 11.3 Å². The van der Waals surface area contributed by atoms with Crippen molar-refractivity contribution in [1.29, 1.82) is 0 Å². The highest BCUT2D eigenvalue weighted by Gasteiger charge is 2.41. The van der Waals surface area contributed by atoms with E-state index < -0.39 is 0 Å². The van der Waals surface area contributed by atoms with Crippen LogP contribution in [-0.2, 0) is 10.8 Å². The van der Waals surface area contributed by atoms with Crippen molar-refractivity contribution in [3.8, 4) is 33.4 Å². The Labute approximate surface area is 352 Å². The Morgan fingerprint density at radius 1 is 0.576 bits per heavy atom. The molecule has 2 aliphatic carbocycles. The SMILES string of the molecule is CCC1(c2ccc3c(c2)C(C)(C)c2cc(N(c4cccc(-c5cccc6cccc(-c7ccccc7)c56)c4)c4cccc5sc6ccccc6c45)ccc2-3)CCC(C)C1. The molecule has 0 amide bonds. The van der Waals surface area contributed by atoms with Gasteiger partial charge in [0.15, 0.2) is 0 Å². The molecule has 2 heteroatoms. The van der Waals surface area contributed by atoms with Gasteiger partial charge in [-0.05, 0) is 140 Å². The number of thiophene rings is 1. The normalized spacial score (nSPS) is 18.1. The summed E-state index contributed by atoms with van der Waals surface area (Å²) in [6.07, 6.45) is 5.12. The molecule has 0 bridgehead atoms. The first-order chi connectivity index (χ1) is 28.8. The van der Waals surface area contributed by atoms with Crippen molar-refractivity contribution < 1.29 is 0 Å². The number of hydrogen-bond donors (Lipinski definition) is 0. The van der Waals surface area contributed by atoms with Crippen molar-refractivity contribution >= 4 is 59.3 Å². The standard InChI is InChI=1S/C57H49NS/c1-5-57(32-31-37(2)36-57)41-27-29-46-47-30-28-43(35-50(47)56(3,4)49(46)34-41)58(51-24-14-26-53-55(51)48-21-9-10-25-52(48)59-53)42-20-11-19-40(33-42)45-23-13-18-39-17-12-22-44(54(39)45)38-15-7-6-8-16-38/h6-30,33-35,37H,5,31-32,36H2,1-4H3. The molecule has 1 heterocycles. The van der Waals surface area contributed by atoms with Gasteiger partial charge in [0.05, 0.1) is 5.69 Å². The Morgan fingerprint density at radius 3 is 2.02 bits per heavy atom. The van der Waals surface area contributed by atoms with E-state index >= 15 is 0 Å². The number of anilines is 3. The van der Waals surface area contributed by atoms with Gasteiger partial charge in [-0.1, -0.05) is 155 Å². The fourth-order valence-electron chi connectivity index (χ4n) is 11.0. The van der Waals surface area contributed by atoms with Crippen LogP contribution in [0.4, 0.5) is 17.1 Å². The predicted molar refractivity (Wildman–Crippen MR) is 255 cm³/mol. The Hall–Kier alpha value is -5.96. The second kappa shape index (κ2) is 13.8. The quantitative estimate of drug-likeness (QED) is 0.156. The van der Waals surface area contributed by atoms with Crippen LogP contribution in [0.5, 0.6) is 0 Å². The zero-order valence-electron chi connectivity index (χ0n) is 34.4. The van der Waals surface area contributed by atoms with Crippen LogP contribution in [0.15, 0.2) is 170 Å². The van der Waals surface area contributed by atoms with Crippen molar-refractivity contribution in [1.82, 2.24) is 0 Å². The van der Waals surface area contributed by atoms with Gasteiger partial charge in [-0.3, -0.25) is 0 Å². The van der Waals surface area contributed by atoms with Gasteiger partial charge in [-0.2, -0.15) is 0 Å². The van der Waals surface area contributed by atoms with Gasteiger partial charge in [0, 0.05) is 37.0 Å². The molecular formula is C57H49NS. The zero-order valence-corrected chi connectivity index (χ0v) is 35.2. The van der Waals surface area contributed by atoms with E-state index in [0.29, 0.717) is 5.41 Å². The number of nitrogens with zero attached hydrogens (tertiary/aromatic N) is 1. The average molecular weight is 780 g/mol. The van der Waals surface area contributed by atoms with Gasteiger partial charge in [0.1, 0.15) is 0 Å². The molecule has 0 aliphatic heterocycles. The third-order valence-corrected chi connectivity index (χ3v) is 15.2. The molecular weight excluding hydrogens is 731 g/mol. The second-order valence-electron chi connectivity index (χ2n) is 17.8. The molecule has 8 aromatic carbocycles. The fraction of sp³-hybridized carbons (Fsp3) is 0.193. The number of rotatable bonds is 7. The highest BCUT2D eigenvalue weighted by Crippen LogP contribution is 2.55. The first-order valence-corrected chi connectivity index (χ1v) is 22.3. The van der Waals surface area contributed by atoms with E-state index in [2.05, 4.69) is 202 Å². The van der Waals surface area contributed by atoms with E-state index in [-0.39, 0.29) is 5.41 Å². The first-order valence-electron chi connectivity index (χ1n) is 21.5. The van der Waals surface area contributed by atoms with Crippen LogP contribution in [0.25, 0.3) is 64.3 Å². The van der Waals surface area contributed by atoms with Crippen LogP contribution in [0.2, 0.25) is 0 Å². The molecule has 288 valence electrons. The summed E-state index contributed by atoms with van der Waals surface area (Å²) in [4.78, 5) is 2.53. The Morgan fingerprint density at radius 2 is 1.24 bits per heavy atom. The van der Waals surface area contributed by atoms with Gasteiger partial charge >= 0.3 is 0 Å². The van der Waals surface area contributed by atoms with E-state index in [1.165, 1.54) is 113 Å². The molecule has 2 unspecified atom stereocenters. The fourth-order valence-corrected chi connectivity index (χ4v) is 12.1. The minimum Gasteiger partial charge on any atom is -0.310 e. The molecule has 0 radical (unpaired) electrons. The summed E-state index contributed by atoms with van der Waals surface area (Å²) in [6.45, 7) is 9.74. The molecule has 0 spiro atoms. The third-order valence-electron chi connectivity index (χ3n) is 14.1. The summed E-state index contributed by atoms with van der Waals surface area (Å²) < 4.78 is 2.62. The lowest BCUT2D eigenvalue weighted by Crippen LogP contribution is -2.23. The van der Waals surface area contributed by atoms with Crippen LogP contribution < -0.4 is 4.90 Å². The molecule has 1 saturated carbocycles. The summed E-state index contributed by atoms with van der Waals surface area (Å²) in [6, 6.07) is 64.0. The highest BCUT2D eigenvalue weighted by atomic mass is 32.1. The zero-order chi connectivity index (χ0) is 39.9. The van der Waals surface area contributed by atoms with E-state index in [4.69, 9.17) is 0 Å². The Bertz CT molecular complexity index is 3070. The van der Waals surface area contributed by atoms with Gasteiger partial charge in [-0.15, -0.1) is 11.3 Å². The van der Waals surface area contributed by atoms with Crippen LogP contribution in [0, 0.1) is 5.92 Å². The summed E-state index contributed by atoms with van der Waals surface area (Å²) >= 11 is 1.88. The molecule has 59 heavy (non-hydrogen) atoms. The molecule has 11 rings (SSSR count). The van der Waals surface area contributed by atoms with Gasteiger partial charge < -0.3 is 4.90 Å². The highest BCUT2D eigenvalue weighted by molar-refractivity contribution is 7.26. The smallest absolute Gasteiger partial charge is 0.0554 e. The Balaban J connectivity index is 1.10. The Kier molecular flexibility index (Phi) is 8.47. The maximum atomic E-state index is 2.60. The summed E-state index contributed by atoms with van der Waals surface area (Å²) in [7, 11) is 0. The molecule has 9 aromatic rings. The maximum Gasteiger partial charge on any atom is 0.0554 e. The molecule has 1 nitrogen and oxygen atoms in total. The average Bonchev–Trinajstić information content (AvgIpc) is 3.93. The summed E-state index contributed by atoms with van der Waals surface area (Å²) in [5.41, 5.74) is 15.8.